The first kappa shape index (κ1) is 12.8. The van der Waals surface area contributed by atoms with Gasteiger partial charge in [0.2, 0.25) is 0 Å². The average Bonchev–Trinajstić information content (AvgIpc) is 2.98. The zero-order chi connectivity index (χ0) is 13.7. The Kier molecular flexibility index (Phi) is 3.92. The number of imidazole rings is 1. The number of rotatable bonds is 3. The van der Waals surface area contributed by atoms with Crippen molar-refractivity contribution in [1.82, 2.24) is 15.0 Å². The van der Waals surface area contributed by atoms with E-state index < -0.39 is 6.09 Å². The van der Waals surface area contributed by atoms with Crippen molar-refractivity contribution in [2.45, 2.75) is 6.92 Å². The van der Waals surface area contributed by atoms with Gasteiger partial charge in [0.1, 0.15) is 0 Å². The lowest BCUT2D eigenvalue weighted by Gasteiger charge is -2.05. The molecule has 0 saturated heterocycles. The van der Waals surface area contributed by atoms with Crippen molar-refractivity contribution in [1.29, 1.82) is 0 Å². The summed E-state index contributed by atoms with van der Waals surface area (Å²) in [5, 5.41) is 3.93. The number of ether oxygens (including phenoxy) is 1. The minimum absolute atomic E-state index is 0.589. The second-order valence-electron chi connectivity index (χ2n) is 3.82. The zero-order valence-electron chi connectivity index (χ0n) is 10.7. The fourth-order valence-electron chi connectivity index (χ4n) is 1.53. The van der Waals surface area contributed by atoms with Crippen LogP contribution in [0.2, 0.25) is 0 Å². The highest BCUT2D eigenvalue weighted by Crippen LogP contribution is 2.09. The molecule has 1 N–H and O–H groups in total. The summed E-state index contributed by atoms with van der Waals surface area (Å²) in [6.45, 7) is 1.81. The van der Waals surface area contributed by atoms with Crippen molar-refractivity contribution in [3.8, 4) is 5.69 Å². The number of benzene rings is 1. The lowest BCUT2D eigenvalue weighted by Crippen LogP contribution is -2.18. The molecule has 98 valence electrons. The minimum Gasteiger partial charge on any atom is -0.452 e. The maximum Gasteiger partial charge on any atom is 0.427 e. The number of aromatic nitrogens is 2. The molecule has 2 rings (SSSR count). The molecule has 19 heavy (non-hydrogen) atoms. The van der Waals surface area contributed by atoms with Crippen LogP contribution in [0.25, 0.3) is 5.69 Å². The van der Waals surface area contributed by atoms with Gasteiger partial charge < -0.3 is 9.30 Å². The largest absolute Gasteiger partial charge is 0.452 e. The van der Waals surface area contributed by atoms with Crippen molar-refractivity contribution in [2.75, 3.05) is 7.11 Å². The molecule has 1 aromatic heterocycles. The normalized spacial score (nSPS) is 11.2. The molecule has 0 radical (unpaired) electrons. The summed E-state index contributed by atoms with van der Waals surface area (Å²) in [4.78, 5) is 14.9. The van der Waals surface area contributed by atoms with E-state index in [1.165, 1.54) is 7.11 Å². The highest BCUT2D eigenvalue weighted by Gasteiger charge is 2.01. The lowest BCUT2D eigenvalue weighted by molar-refractivity contribution is 0.171. The number of amides is 1. The molecule has 1 heterocycles. The first-order valence-electron chi connectivity index (χ1n) is 5.67. The van der Waals surface area contributed by atoms with E-state index in [1.807, 2.05) is 42.0 Å². The van der Waals surface area contributed by atoms with Crippen molar-refractivity contribution in [3.05, 3.63) is 48.5 Å². The van der Waals surface area contributed by atoms with Crippen LogP contribution in [0.4, 0.5) is 4.79 Å². The van der Waals surface area contributed by atoms with Gasteiger partial charge in [-0.25, -0.2) is 15.2 Å². The van der Waals surface area contributed by atoms with Crippen LogP contribution in [0.3, 0.4) is 0 Å². The molecule has 1 amide bonds. The Morgan fingerprint density at radius 3 is 2.68 bits per heavy atom. The molecule has 0 aliphatic heterocycles. The quantitative estimate of drug-likeness (QED) is 0.675. The van der Waals surface area contributed by atoms with Gasteiger partial charge in [-0.3, -0.25) is 0 Å². The van der Waals surface area contributed by atoms with Gasteiger partial charge in [-0.15, -0.1) is 0 Å². The number of hydrogen-bond acceptors (Lipinski definition) is 4. The van der Waals surface area contributed by atoms with Crippen molar-refractivity contribution < 1.29 is 9.53 Å². The van der Waals surface area contributed by atoms with Crippen molar-refractivity contribution >= 4 is 11.8 Å². The second-order valence-corrected chi connectivity index (χ2v) is 3.82. The maximum atomic E-state index is 10.9. The van der Waals surface area contributed by atoms with Gasteiger partial charge >= 0.3 is 6.09 Å². The number of carbonyl (C=O) groups excluding carboxylic acids is 1. The van der Waals surface area contributed by atoms with E-state index in [9.17, 15) is 4.79 Å². The number of nitrogens with zero attached hydrogens (tertiary/aromatic N) is 3. The van der Waals surface area contributed by atoms with Crippen LogP contribution in [-0.4, -0.2) is 28.5 Å². The SMILES string of the molecule is COC(=O)N/N=C(/C)c1ccc(-n2ccnc2)cc1. The topological polar surface area (TPSA) is 68.5 Å². The number of carbonyl (C=O) groups is 1. The molecule has 6 nitrogen and oxygen atoms in total. The van der Waals surface area contributed by atoms with Crippen molar-refractivity contribution in [3.63, 3.8) is 0 Å². The standard InChI is InChI=1S/C13H14N4O2/c1-10(15-16-13(18)19-2)11-3-5-12(6-4-11)17-8-7-14-9-17/h3-9H,1-2H3,(H,16,18)/b15-10-. The molecular weight excluding hydrogens is 244 g/mol. The Balaban J connectivity index is 2.12. The Hall–Kier alpha value is -2.63. The highest BCUT2D eigenvalue weighted by atomic mass is 16.5. The zero-order valence-corrected chi connectivity index (χ0v) is 10.7. The summed E-state index contributed by atoms with van der Waals surface area (Å²) in [7, 11) is 1.29. The van der Waals surface area contributed by atoms with Crippen LogP contribution in [0.15, 0.2) is 48.1 Å². The van der Waals surface area contributed by atoms with Gasteiger partial charge in [0.15, 0.2) is 0 Å². The fourth-order valence-corrected chi connectivity index (χ4v) is 1.53. The van der Waals surface area contributed by atoms with E-state index in [0.717, 1.165) is 11.3 Å². The average molecular weight is 258 g/mol. The third-order valence-electron chi connectivity index (χ3n) is 2.59. The lowest BCUT2D eigenvalue weighted by atomic mass is 10.1. The van der Waals surface area contributed by atoms with Crippen LogP contribution in [-0.2, 0) is 4.74 Å². The van der Waals surface area contributed by atoms with E-state index in [2.05, 4.69) is 20.2 Å². The van der Waals surface area contributed by atoms with Crippen LogP contribution in [0, 0.1) is 0 Å². The molecule has 0 aliphatic rings. The van der Waals surface area contributed by atoms with Gasteiger partial charge in [-0.2, -0.15) is 5.10 Å². The molecular formula is C13H14N4O2. The van der Waals surface area contributed by atoms with Crippen LogP contribution in [0.1, 0.15) is 12.5 Å². The first-order chi connectivity index (χ1) is 9.20. The summed E-state index contributed by atoms with van der Waals surface area (Å²) in [5.74, 6) is 0. The molecule has 0 saturated carbocycles. The van der Waals surface area contributed by atoms with E-state index in [0.29, 0.717) is 5.71 Å². The summed E-state index contributed by atoms with van der Waals surface area (Å²) in [5.41, 5.74) is 4.91. The summed E-state index contributed by atoms with van der Waals surface area (Å²) in [6, 6.07) is 7.75. The van der Waals surface area contributed by atoms with Gasteiger partial charge in [0.25, 0.3) is 0 Å². The second kappa shape index (κ2) is 5.81. The molecule has 0 unspecified atom stereocenters. The van der Waals surface area contributed by atoms with E-state index in [4.69, 9.17) is 0 Å². The molecule has 2 aromatic rings. The number of methoxy groups -OCH3 is 1. The van der Waals surface area contributed by atoms with E-state index in [1.54, 1.807) is 12.5 Å². The Morgan fingerprint density at radius 2 is 2.11 bits per heavy atom. The molecule has 0 spiro atoms. The molecule has 0 atom stereocenters. The third kappa shape index (κ3) is 3.19. The van der Waals surface area contributed by atoms with Crippen LogP contribution >= 0.6 is 0 Å². The van der Waals surface area contributed by atoms with Crippen LogP contribution < -0.4 is 5.43 Å². The first-order valence-corrected chi connectivity index (χ1v) is 5.67. The van der Waals surface area contributed by atoms with Gasteiger partial charge in [0, 0.05) is 18.1 Å². The van der Waals surface area contributed by atoms with Crippen molar-refractivity contribution in [2.24, 2.45) is 5.10 Å². The Labute approximate surface area is 110 Å². The Bertz CT molecular complexity index is 573. The minimum atomic E-state index is -0.589. The fraction of sp³-hybridized carbons (Fsp3) is 0.154. The number of hydrazone groups is 1. The summed E-state index contributed by atoms with van der Waals surface area (Å²) < 4.78 is 6.34. The van der Waals surface area contributed by atoms with Gasteiger partial charge in [-0.1, -0.05) is 12.1 Å². The molecule has 0 bridgehead atoms. The molecule has 6 heteroatoms. The van der Waals surface area contributed by atoms with E-state index >= 15 is 0 Å². The Morgan fingerprint density at radius 1 is 1.37 bits per heavy atom. The molecule has 1 aromatic carbocycles. The highest BCUT2D eigenvalue weighted by molar-refractivity contribution is 5.99. The monoisotopic (exact) mass is 258 g/mol. The summed E-state index contributed by atoms with van der Waals surface area (Å²) >= 11 is 0. The smallest absolute Gasteiger partial charge is 0.427 e. The summed E-state index contributed by atoms with van der Waals surface area (Å²) in [6.07, 6.45) is 4.74. The van der Waals surface area contributed by atoms with Gasteiger partial charge in [0.05, 0.1) is 19.1 Å². The number of nitrogens with one attached hydrogen (secondary N) is 1. The third-order valence-corrected chi connectivity index (χ3v) is 2.59. The predicted octanol–water partition coefficient (Wildman–Crippen LogP) is 1.95. The number of hydrogen-bond donors (Lipinski definition) is 1. The predicted molar refractivity (Wildman–Crippen MR) is 71.3 cm³/mol. The molecule has 0 fully saturated rings. The van der Waals surface area contributed by atoms with E-state index in [-0.39, 0.29) is 0 Å². The maximum absolute atomic E-state index is 10.9. The van der Waals surface area contributed by atoms with Crippen LogP contribution in [0.5, 0.6) is 0 Å². The molecule has 0 aliphatic carbocycles. The van der Waals surface area contributed by atoms with Gasteiger partial charge in [-0.05, 0) is 24.6 Å².